The SMILES string of the molecule is O=C(NCC(O)c1ccco1)c1cccc(NC(=O)c2ccc(Br)o2)c1. The van der Waals surface area contributed by atoms with Crippen molar-refractivity contribution in [1.29, 1.82) is 0 Å². The van der Waals surface area contributed by atoms with Crippen molar-refractivity contribution in [2.75, 3.05) is 11.9 Å². The zero-order chi connectivity index (χ0) is 18.5. The number of aliphatic hydroxyl groups is 1. The maximum absolute atomic E-state index is 12.2. The fraction of sp³-hybridized carbons (Fsp3) is 0.111. The molecule has 0 radical (unpaired) electrons. The molecule has 2 heterocycles. The first-order valence-corrected chi connectivity index (χ1v) is 8.48. The van der Waals surface area contributed by atoms with Crippen molar-refractivity contribution in [1.82, 2.24) is 5.32 Å². The topological polar surface area (TPSA) is 105 Å². The molecular weight excluding hydrogens is 404 g/mol. The molecule has 0 fully saturated rings. The van der Waals surface area contributed by atoms with Crippen molar-refractivity contribution >= 4 is 33.4 Å². The van der Waals surface area contributed by atoms with Crippen molar-refractivity contribution in [3.63, 3.8) is 0 Å². The van der Waals surface area contributed by atoms with Gasteiger partial charge in [0.05, 0.1) is 12.8 Å². The molecule has 134 valence electrons. The normalized spacial score (nSPS) is 11.8. The Balaban J connectivity index is 1.61. The molecule has 0 aliphatic carbocycles. The van der Waals surface area contributed by atoms with E-state index >= 15 is 0 Å². The van der Waals surface area contributed by atoms with Gasteiger partial charge in [-0.2, -0.15) is 0 Å². The summed E-state index contributed by atoms with van der Waals surface area (Å²) in [5, 5.41) is 15.2. The molecular formula is C18H15BrN2O5. The lowest BCUT2D eigenvalue weighted by Crippen LogP contribution is -2.28. The molecule has 0 aliphatic rings. The van der Waals surface area contributed by atoms with E-state index in [0.717, 1.165) is 0 Å². The molecule has 0 saturated heterocycles. The van der Waals surface area contributed by atoms with Crippen molar-refractivity contribution in [3.05, 3.63) is 76.5 Å². The summed E-state index contributed by atoms with van der Waals surface area (Å²) in [5.41, 5.74) is 0.789. The third-order valence-electron chi connectivity index (χ3n) is 3.51. The largest absolute Gasteiger partial charge is 0.467 e. The van der Waals surface area contributed by atoms with Gasteiger partial charge in [-0.15, -0.1) is 0 Å². The summed E-state index contributed by atoms with van der Waals surface area (Å²) in [6.07, 6.45) is 0.513. The Morgan fingerprint density at radius 3 is 2.65 bits per heavy atom. The lowest BCUT2D eigenvalue weighted by molar-refractivity contribution is 0.0900. The highest BCUT2D eigenvalue weighted by molar-refractivity contribution is 9.10. The highest BCUT2D eigenvalue weighted by atomic mass is 79.9. The van der Waals surface area contributed by atoms with E-state index in [1.54, 1.807) is 36.4 Å². The van der Waals surface area contributed by atoms with E-state index in [1.165, 1.54) is 18.4 Å². The first-order valence-electron chi connectivity index (χ1n) is 7.69. The second-order valence-electron chi connectivity index (χ2n) is 5.38. The molecule has 3 N–H and O–H groups in total. The summed E-state index contributed by atoms with van der Waals surface area (Å²) >= 11 is 3.13. The number of rotatable bonds is 6. The number of carbonyl (C=O) groups is 2. The van der Waals surface area contributed by atoms with E-state index in [0.29, 0.717) is 21.7 Å². The molecule has 2 aromatic heterocycles. The Bertz CT molecular complexity index is 904. The minimum atomic E-state index is -0.936. The third-order valence-corrected chi connectivity index (χ3v) is 3.93. The number of anilines is 1. The molecule has 3 rings (SSSR count). The van der Waals surface area contributed by atoms with Crippen molar-refractivity contribution in [2.24, 2.45) is 0 Å². The van der Waals surface area contributed by atoms with Gasteiger partial charge in [-0.1, -0.05) is 6.07 Å². The zero-order valence-corrected chi connectivity index (χ0v) is 15.0. The molecule has 0 spiro atoms. The number of amides is 2. The number of hydrogen-bond donors (Lipinski definition) is 3. The van der Waals surface area contributed by atoms with Gasteiger partial charge in [-0.25, -0.2) is 0 Å². The van der Waals surface area contributed by atoms with Crippen LogP contribution in [0.1, 0.15) is 32.8 Å². The molecule has 0 bridgehead atoms. The first kappa shape index (κ1) is 18.0. The Hall–Kier alpha value is -2.84. The molecule has 3 aromatic rings. The second-order valence-corrected chi connectivity index (χ2v) is 6.16. The van der Waals surface area contributed by atoms with E-state index in [4.69, 9.17) is 8.83 Å². The van der Waals surface area contributed by atoms with Gasteiger partial charge in [0.15, 0.2) is 10.4 Å². The molecule has 7 nitrogen and oxygen atoms in total. The third kappa shape index (κ3) is 4.41. The Morgan fingerprint density at radius 1 is 1.12 bits per heavy atom. The summed E-state index contributed by atoms with van der Waals surface area (Å²) in [6, 6.07) is 12.9. The van der Waals surface area contributed by atoms with Crippen molar-refractivity contribution in [3.8, 4) is 0 Å². The van der Waals surface area contributed by atoms with Gasteiger partial charge in [0.2, 0.25) is 0 Å². The molecule has 1 atom stereocenters. The van der Waals surface area contributed by atoms with E-state index < -0.39 is 12.0 Å². The number of nitrogens with one attached hydrogen (secondary N) is 2. The molecule has 2 amide bonds. The van der Waals surface area contributed by atoms with Crippen LogP contribution in [-0.4, -0.2) is 23.5 Å². The van der Waals surface area contributed by atoms with Gasteiger partial charge in [0, 0.05) is 11.3 Å². The predicted octanol–water partition coefficient (Wildman–Crippen LogP) is 3.35. The summed E-state index contributed by atoms with van der Waals surface area (Å²) in [5.74, 6) is -0.293. The van der Waals surface area contributed by atoms with Crippen LogP contribution in [0.15, 0.2) is 68.3 Å². The standard InChI is InChI=1S/C18H15BrN2O5/c19-16-7-6-15(26-16)18(24)21-12-4-1-3-11(9-12)17(23)20-10-13(22)14-5-2-8-25-14/h1-9,13,22H,10H2,(H,20,23)(H,21,24). The predicted molar refractivity (Wildman–Crippen MR) is 96.8 cm³/mol. The quantitative estimate of drug-likeness (QED) is 0.569. The number of furan rings is 2. The molecule has 1 unspecified atom stereocenters. The van der Waals surface area contributed by atoms with Crippen LogP contribution in [0, 0.1) is 0 Å². The maximum atomic E-state index is 12.2. The Morgan fingerprint density at radius 2 is 1.96 bits per heavy atom. The van der Waals surface area contributed by atoms with Gasteiger partial charge in [0.1, 0.15) is 11.9 Å². The minimum Gasteiger partial charge on any atom is -0.467 e. The summed E-state index contributed by atoms with van der Waals surface area (Å²) in [7, 11) is 0. The average Bonchev–Trinajstić information content (AvgIpc) is 3.31. The lowest BCUT2D eigenvalue weighted by atomic mass is 10.1. The van der Waals surface area contributed by atoms with E-state index in [-0.39, 0.29) is 18.2 Å². The molecule has 8 heteroatoms. The van der Waals surface area contributed by atoms with Gasteiger partial charge in [-0.3, -0.25) is 9.59 Å². The van der Waals surface area contributed by atoms with Crippen LogP contribution in [-0.2, 0) is 0 Å². The Kier molecular flexibility index (Phi) is 5.55. The number of halogens is 1. The second kappa shape index (κ2) is 8.03. The van der Waals surface area contributed by atoms with Crippen molar-refractivity contribution < 1.29 is 23.5 Å². The fourth-order valence-corrected chi connectivity index (χ4v) is 2.55. The van der Waals surface area contributed by atoms with E-state index in [1.807, 2.05) is 0 Å². The van der Waals surface area contributed by atoms with Crippen LogP contribution in [0.25, 0.3) is 0 Å². The molecule has 0 saturated carbocycles. The fourth-order valence-electron chi connectivity index (χ4n) is 2.24. The Labute approximate surface area is 157 Å². The van der Waals surface area contributed by atoms with Crippen LogP contribution in [0.4, 0.5) is 5.69 Å². The summed E-state index contributed by atoms with van der Waals surface area (Å²) < 4.78 is 10.7. The minimum absolute atomic E-state index is 0.00333. The first-order chi connectivity index (χ1) is 12.5. The summed E-state index contributed by atoms with van der Waals surface area (Å²) in [6.45, 7) is 0.00333. The lowest BCUT2D eigenvalue weighted by Gasteiger charge is -2.10. The average molecular weight is 419 g/mol. The highest BCUT2D eigenvalue weighted by Crippen LogP contribution is 2.17. The number of carbonyl (C=O) groups excluding carboxylic acids is 2. The van der Waals surface area contributed by atoms with Crippen molar-refractivity contribution in [2.45, 2.75) is 6.10 Å². The molecule has 1 aromatic carbocycles. The van der Waals surface area contributed by atoms with Gasteiger partial charge >= 0.3 is 0 Å². The molecule has 0 aliphatic heterocycles. The number of aliphatic hydroxyl groups excluding tert-OH is 1. The van der Waals surface area contributed by atoms with E-state index in [9.17, 15) is 14.7 Å². The molecule has 26 heavy (non-hydrogen) atoms. The highest BCUT2D eigenvalue weighted by Gasteiger charge is 2.14. The van der Waals surface area contributed by atoms with Crippen LogP contribution in [0.3, 0.4) is 0 Å². The summed E-state index contributed by atoms with van der Waals surface area (Å²) in [4.78, 5) is 24.3. The maximum Gasteiger partial charge on any atom is 0.291 e. The van der Waals surface area contributed by atoms with Crippen LogP contribution in [0.2, 0.25) is 0 Å². The van der Waals surface area contributed by atoms with Gasteiger partial charge in [-0.05, 0) is 58.4 Å². The van der Waals surface area contributed by atoms with Gasteiger partial charge < -0.3 is 24.6 Å². The number of hydrogen-bond acceptors (Lipinski definition) is 5. The van der Waals surface area contributed by atoms with Crippen LogP contribution >= 0.6 is 15.9 Å². The number of benzene rings is 1. The van der Waals surface area contributed by atoms with Gasteiger partial charge in [0.25, 0.3) is 11.8 Å². The monoisotopic (exact) mass is 418 g/mol. The van der Waals surface area contributed by atoms with E-state index in [2.05, 4.69) is 26.6 Å². The van der Waals surface area contributed by atoms with Crippen LogP contribution < -0.4 is 10.6 Å². The zero-order valence-electron chi connectivity index (χ0n) is 13.4. The smallest absolute Gasteiger partial charge is 0.291 e. The van der Waals surface area contributed by atoms with Crippen LogP contribution in [0.5, 0.6) is 0 Å².